The van der Waals surface area contributed by atoms with E-state index >= 15 is 0 Å². The first-order valence-electron chi connectivity index (χ1n) is 7.72. The zero-order valence-corrected chi connectivity index (χ0v) is 14.4. The summed E-state index contributed by atoms with van der Waals surface area (Å²) in [5.41, 5.74) is 2.34. The number of rotatable bonds is 5. The Balaban J connectivity index is 1.50. The second-order valence-electron chi connectivity index (χ2n) is 5.65. The molecule has 0 aromatic heterocycles. The van der Waals surface area contributed by atoms with Crippen LogP contribution in [0.2, 0.25) is 5.02 Å². The second kappa shape index (κ2) is 7.44. The highest BCUT2D eigenvalue weighted by Gasteiger charge is 2.14. The Morgan fingerprint density at radius 2 is 1.88 bits per heavy atom. The van der Waals surface area contributed by atoms with Crippen molar-refractivity contribution >= 4 is 29.1 Å². The van der Waals surface area contributed by atoms with Crippen LogP contribution in [0.5, 0.6) is 11.5 Å². The summed E-state index contributed by atoms with van der Waals surface area (Å²) in [4.78, 5) is 23.9. The molecule has 0 fully saturated rings. The fourth-order valence-corrected chi connectivity index (χ4v) is 2.56. The van der Waals surface area contributed by atoms with Gasteiger partial charge in [0.15, 0.2) is 11.5 Å². The van der Waals surface area contributed by atoms with E-state index in [1.165, 1.54) is 0 Å². The predicted octanol–water partition coefficient (Wildman–Crippen LogP) is 3.02. The maximum atomic E-state index is 12.0. The van der Waals surface area contributed by atoms with Crippen LogP contribution < -0.4 is 20.1 Å². The molecule has 2 aromatic rings. The van der Waals surface area contributed by atoms with Gasteiger partial charge >= 0.3 is 0 Å². The minimum absolute atomic E-state index is 0.203. The first-order chi connectivity index (χ1) is 12.0. The molecule has 0 spiro atoms. The van der Waals surface area contributed by atoms with E-state index in [4.69, 9.17) is 21.1 Å². The van der Waals surface area contributed by atoms with E-state index in [1.807, 2.05) is 13.0 Å². The quantitative estimate of drug-likeness (QED) is 0.803. The van der Waals surface area contributed by atoms with Gasteiger partial charge in [0, 0.05) is 17.3 Å². The van der Waals surface area contributed by atoms with Crippen molar-refractivity contribution in [2.45, 2.75) is 19.9 Å². The third-order valence-corrected chi connectivity index (χ3v) is 3.96. The molecule has 0 atom stereocenters. The highest BCUT2D eigenvalue weighted by molar-refractivity contribution is 6.31. The van der Waals surface area contributed by atoms with E-state index in [-0.39, 0.29) is 19.1 Å². The summed E-state index contributed by atoms with van der Waals surface area (Å²) in [7, 11) is 0. The number of ether oxygens (including phenoxy) is 2. The molecule has 0 radical (unpaired) electrons. The van der Waals surface area contributed by atoms with Gasteiger partial charge in [-0.1, -0.05) is 23.7 Å². The number of anilines is 1. The van der Waals surface area contributed by atoms with Crippen LogP contribution in [0.3, 0.4) is 0 Å². The van der Waals surface area contributed by atoms with Crippen LogP contribution in [-0.4, -0.2) is 18.6 Å². The van der Waals surface area contributed by atoms with Gasteiger partial charge in [-0.3, -0.25) is 9.59 Å². The molecule has 130 valence electrons. The molecule has 0 bridgehead atoms. The minimum atomic E-state index is -0.395. The summed E-state index contributed by atoms with van der Waals surface area (Å²) >= 11 is 5.91. The lowest BCUT2D eigenvalue weighted by molar-refractivity contribution is -0.126. The van der Waals surface area contributed by atoms with Gasteiger partial charge in [-0.15, -0.1) is 0 Å². The first kappa shape index (κ1) is 17.1. The maximum Gasteiger partial charge on any atom is 0.233 e. The van der Waals surface area contributed by atoms with Crippen molar-refractivity contribution in [3.63, 3.8) is 0 Å². The van der Waals surface area contributed by atoms with Crippen molar-refractivity contribution in [1.82, 2.24) is 5.32 Å². The number of hydrogen-bond acceptors (Lipinski definition) is 4. The van der Waals surface area contributed by atoms with Crippen molar-refractivity contribution in [3.8, 4) is 11.5 Å². The number of aryl methyl sites for hydroxylation is 1. The summed E-state index contributed by atoms with van der Waals surface area (Å²) in [6.07, 6.45) is -0.267. The maximum absolute atomic E-state index is 12.0. The molecular formula is C18H17ClN2O4. The van der Waals surface area contributed by atoms with Crippen molar-refractivity contribution in [2.24, 2.45) is 0 Å². The molecular weight excluding hydrogens is 344 g/mol. The number of nitrogens with one attached hydrogen (secondary N) is 2. The van der Waals surface area contributed by atoms with Crippen LogP contribution in [-0.2, 0) is 16.1 Å². The van der Waals surface area contributed by atoms with E-state index in [9.17, 15) is 9.59 Å². The number of hydrogen-bond donors (Lipinski definition) is 2. The Morgan fingerprint density at radius 3 is 2.72 bits per heavy atom. The van der Waals surface area contributed by atoms with Crippen molar-refractivity contribution in [1.29, 1.82) is 0 Å². The standard InChI is InChI=1S/C18H17ClN2O4/c1-11-2-4-13(19)7-14(11)21-18(23)8-17(22)20-9-12-3-5-15-16(6-12)25-10-24-15/h2-7H,8-10H2,1H3,(H,20,22)(H,21,23). The molecule has 2 amide bonds. The van der Waals surface area contributed by atoms with E-state index < -0.39 is 5.91 Å². The molecule has 3 rings (SSSR count). The smallest absolute Gasteiger partial charge is 0.233 e. The van der Waals surface area contributed by atoms with Gasteiger partial charge in [-0.25, -0.2) is 0 Å². The number of benzene rings is 2. The molecule has 0 saturated heterocycles. The van der Waals surface area contributed by atoms with Crippen LogP contribution in [0, 0.1) is 6.92 Å². The van der Waals surface area contributed by atoms with Crippen molar-refractivity contribution < 1.29 is 19.1 Å². The molecule has 0 saturated carbocycles. The molecule has 0 aliphatic carbocycles. The monoisotopic (exact) mass is 360 g/mol. The second-order valence-corrected chi connectivity index (χ2v) is 6.08. The summed E-state index contributed by atoms with van der Waals surface area (Å²) in [6, 6.07) is 10.6. The Labute approximate surface area is 150 Å². The predicted molar refractivity (Wildman–Crippen MR) is 93.8 cm³/mol. The summed E-state index contributed by atoms with van der Waals surface area (Å²) in [5, 5.41) is 5.93. The summed E-state index contributed by atoms with van der Waals surface area (Å²) in [6.45, 7) is 2.36. The van der Waals surface area contributed by atoms with Gasteiger partial charge in [0.05, 0.1) is 0 Å². The number of halogens is 1. The van der Waals surface area contributed by atoms with Gasteiger partial charge in [0.25, 0.3) is 0 Å². The number of fused-ring (bicyclic) bond motifs is 1. The third kappa shape index (κ3) is 4.42. The normalized spacial score (nSPS) is 11.9. The Bertz CT molecular complexity index is 823. The first-order valence-corrected chi connectivity index (χ1v) is 8.10. The van der Waals surface area contributed by atoms with Crippen LogP contribution in [0.1, 0.15) is 17.5 Å². The third-order valence-electron chi connectivity index (χ3n) is 3.72. The van der Waals surface area contributed by atoms with Crippen molar-refractivity contribution in [2.75, 3.05) is 12.1 Å². The molecule has 0 unspecified atom stereocenters. The molecule has 1 aliphatic heterocycles. The summed E-state index contributed by atoms with van der Waals surface area (Å²) < 4.78 is 10.5. The van der Waals surface area contributed by atoms with E-state index in [0.717, 1.165) is 11.1 Å². The van der Waals surface area contributed by atoms with E-state index in [1.54, 1.807) is 30.3 Å². The lowest BCUT2D eigenvalue weighted by atomic mass is 10.2. The number of carbonyl (C=O) groups excluding carboxylic acids is 2. The highest BCUT2D eigenvalue weighted by Crippen LogP contribution is 2.32. The van der Waals surface area contributed by atoms with Crippen LogP contribution in [0.25, 0.3) is 0 Å². The minimum Gasteiger partial charge on any atom is -0.454 e. The van der Waals surface area contributed by atoms with Gasteiger partial charge in [-0.05, 0) is 42.3 Å². The van der Waals surface area contributed by atoms with Gasteiger partial charge in [0.2, 0.25) is 18.6 Å². The highest BCUT2D eigenvalue weighted by atomic mass is 35.5. The average molecular weight is 361 g/mol. The Hall–Kier alpha value is -2.73. The summed E-state index contributed by atoms with van der Waals surface area (Å²) in [5.74, 6) is 0.579. The largest absolute Gasteiger partial charge is 0.454 e. The lowest BCUT2D eigenvalue weighted by Crippen LogP contribution is -2.27. The van der Waals surface area contributed by atoms with Gasteiger partial charge in [0.1, 0.15) is 6.42 Å². The van der Waals surface area contributed by atoms with Gasteiger partial charge < -0.3 is 20.1 Å². The molecule has 1 aliphatic rings. The van der Waals surface area contributed by atoms with Gasteiger partial charge in [-0.2, -0.15) is 0 Å². The Morgan fingerprint density at radius 1 is 1.08 bits per heavy atom. The molecule has 6 nitrogen and oxygen atoms in total. The van der Waals surface area contributed by atoms with Crippen molar-refractivity contribution in [3.05, 3.63) is 52.5 Å². The molecule has 1 heterocycles. The fraction of sp³-hybridized carbons (Fsp3) is 0.222. The van der Waals surface area contributed by atoms with Crippen LogP contribution in [0.4, 0.5) is 5.69 Å². The van der Waals surface area contributed by atoms with Crippen LogP contribution >= 0.6 is 11.6 Å². The molecule has 2 aromatic carbocycles. The van der Waals surface area contributed by atoms with E-state index in [0.29, 0.717) is 28.8 Å². The average Bonchev–Trinajstić information content (AvgIpc) is 3.04. The topological polar surface area (TPSA) is 76.7 Å². The Kier molecular flexibility index (Phi) is 5.09. The number of amides is 2. The lowest BCUT2D eigenvalue weighted by Gasteiger charge is -2.09. The number of carbonyl (C=O) groups is 2. The van der Waals surface area contributed by atoms with E-state index in [2.05, 4.69) is 10.6 Å². The molecule has 25 heavy (non-hydrogen) atoms. The zero-order valence-electron chi connectivity index (χ0n) is 13.6. The van der Waals surface area contributed by atoms with Crippen LogP contribution in [0.15, 0.2) is 36.4 Å². The zero-order chi connectivity index (χ0) is 17.8. The SMILES string of the molecule is Cc1ccc(Cl)cc1NC(=O)CC(=O)NCc1ccc2c(c1)OCO2. The molecule has 2 N–H and O–H groups in total. The fourth-order valence-electron chi connectivity index (χ4n) is 2.38. The molecule has 7 heteroatoms.